The number of carbonyl (C=O) groups is 2. The van der Waals surface area contributed by atoms with Crippen LogP contribution in [-0.2, 0) is 17.6 Å². The third-order valence-corrected chi connectivity index (χ3v) is 4.89. The van der Waals surface area contributed by atoms with Crippen molar-refractivity contribution >= 4 is 34.0 Å². The largest absolute Gasteiger partial charge is 0.326 e. The fraction of sp³-hybridized carbons (Fsp3) is 0.353. The van der Waals surface area contributed by atoms with Crippen molar-refractivity contribution in [3.8, 4) is 0 Å². The van der Waals surface area contributed by atoms with E-state index in [1.807, 2.05) is 0 Å². The van der Waals surface area contributed by atoms with E-state index in [4.69, 9.17) is 0 Å². The number of rotatable bonds is 3. The molecule has 1 aliphatic rings. The number of carbonyl (C=O) groups excluding carboxylic acids is 2. The molecule has 1 atom stereocenters. The van der Waals surface area contributed by atoms with Crippen molar-refractivity contribution in [2.75, 3.05) is 10.6 Å². The number of nitrogens with one attached hydrogen (secondary N) is 2. The number of hydrogen-bond donors (Lipinski definition) is 2. The van der Waals surface area contributed by atoms with Gasteiger partial charge in [0.15, 0.2) is 5.13 Å². The molecule has 23 heavy (non-hydrogen) atoms. The number of amides is 2. The zero-order valence-corrected chi connectivity index (χ0v) is 14.0. The topological polar surface area (TPSA) is 71.1 Å². The van der Waals surface area contributed by atoms with Crippen LogP contribution in [0.2, 0.25) is 0 Å². The molecule has 0 saturated heterocycles. The molecule has 0 fully saturated rings. The zero-order valence-electron chi connectivity index (χ0n) is 13.2. The Hall–Kier alpha value is -2.21. The van der Waals surface area contributed by atoms with Gasteiger partial charge in [-0.15, -0.1) is 11.3 Å². The molecule has 120 valence electrons. The van der Waals surface area contributed by atoms with Crippen LogP contribution in [0, 0.1) is 5.92 Å². The Morgan fingerprint density at radius 2 is 2.13 bits per heavy atom. The molecule has 5 nitrogen and oxygen atoms in total. The van der Waals surface area contributed by atoms with Crippen LogP contribution in [0.1, 0.15) is 41.2 Å². The smallest absolute Gasteiger partial charge is 0.257 e. The molecule has 1 aliphatic carbocycles. The van der Waals surface area contributed by atoms with Crippen LogP contribution < -0.4 is 10.6 Å². The first-order valence-electron chi connectivity index (χ1n) is 7.69. The summed E-state index contributed by atoms with van der Waals surface area (Å²) in [5, 5.41) is 6.20. The molecule has 2 N–H and O–H groups in total. The third kappa shape index (κ3) is 3.76. The fourth-order valence-corrected chi connectivity index (χ4v) is 3.87. The maximum atomic E-state index is 12.4. The molecule has 0 spiro atoms. The molecule has 2 amide bonds. The average Bonchev–Trinajstić information content (AvgIpc) is 2.88. The number of hydrogen-bond acceptors (Lipinski definition) is 4. The molecule has 6 heteroatoms. The number of benzene rings is 1. The van der Waals surface area contributed by atoms with E-state index in [1.54, 1.807) is 35.6 Å². The Balaban J connectivity index is 1.73. The van der Waals surface area contributed by atoms with E-state index < -0.39 is 0 Å². The molecule has 0 aliphatic heterocycles. The lowest BCUT2D eigenvalue weighted by Crippen LogP contribution is -2.13. The maximum Gasteiger partial charge on any atom is 0.257 e. The van der Waals surface area contributed by atoms with Crippen molar-refractivity contribution in [1.82, 2.24) is 4.98 Å². The molecule has 0 unspecified atom stereocenters. The number of nitrogens with zero attached hydrogens (tertiary/aromatic N) is 1. The zero-order chi connectivity index (χ0) is 16.4. The highest BCUT2D eigenvalue weighted by atomic mass is 32.1. The van der Waals surface area contributed by atoms with Gasteiger partial charge >= 0.3 is 0 Å². The van der Waals surface area contributed by atoms with Gasteiger partial charge in [0.1, 0.15) is 0 Å². The van der Waals surface area contributed by atoms with Gasteiger partial charge in [0.25, 0.3) is 5.91 Å². The highest BCUT2D eigenvalue weighted by Gasteiger charge is 2.20. The average molecular weight is 329 g/mol. The van der Waals surface area contributed by atoms with E-state index in [-0.39, 0.29) is 11.8 Å². The predicted molar refractivity (Wildman–Crippen MR) is 92.0 cm³/mol. The van der Waals surface area contributed by atoms with Gasteiger partial charge in [-0.2, -0.15) is 0 Å². The summed E-state index contributed by atoms with van der Waals surface area (Å²) in [5.41, 5.74) is 2.23. The summed E-state index contributed by atoms with van der Waals surface area (Å²) in [4.78, 5) is 29.3. The molecular formula is C17H19N3O2S. The molecule has 1 heterocycles. The summed E-state index contributed by atoms with van der Waals surface area (Å²) in [5.74, 6) is 0.307. The second-order valence-electron chi connectivity index (χ2n) is 5.95. The summed E-state index contributed by atoms with van der Waals surface area (Å²) in [7, 11) is 0. The number of anilines is 2. The Kier molecular flexibility index (Phi) is 4.43. The minimum atomic E-state index is -0.212. The summed E-state index contributed by atoms with van der Waals surface area (Å²) < 4.78 is 0. The van der Waals surface area contributed by atoms with Crippen LogP contribution in [0.3, 0.4) is 0 Å². The molecule has 1 aromatic heterocycles. The quantitative estimate of drug-likeness (QED) is 0.905. The molecule has 1 aromatic carbocycles. The highest BCUT2D eigenvalue weighted by Crippen LogP contribution is 2.32. The van der Waals surface area contributed by atoms with Gasteiger partial charge in [0.05, 0.1) is 5.69 Å². The van der Waals surface area contributed by atoms with Crippen molar-refractivity contribution in [3.05, 3.63) is 40.4 Å². The van der Waals surface area contributed by atoms with Gasteiger partial charge in [-0.25, -0.2) is 4.98 Å². The summed E-state index contributed by atoms with van der Waals surface area (Å²) >= 11 is 1.56. The van der Waals surface area contributed by atoms with E-state index in [0.29, 0.717) is 22.3 Å². The standard InChI is InChI=1S/C17H19N3O2S/c1-10-6-7-14-15(8-10)23-17(19-14)20-16(22)12-4-3-5-13(9-12)18-11(2)21/h3-5,9-10H,6-8H2,1-2H3,(H,18,21)(H,19,20,22)/t10-/m1/s1. The van der Waals surface area contributed by atoms with E-state index >= 15 is 0 Å². The SMILES string of the molecule is CC(=O)Nc1cccc(C(=O)Nc2nc3c(s2)C[C@H](C)CC3)c1. The Labute approximate surface area is 139 Å². The molecule has 3 rings (SSSR count). The molecule has 2 aromatic rings. The number of aryl methyl sites for hydroxylation is 1. The van der Waals surface area contributed by atoms with Crippen molar-refractivity contribution in [2.45, 2.75) is 33.1 Å². The maximum absolute atomic E-state index is 12.4. The van der Waals surface area contributed by atoms with Crippen molar-refractivity contribution < 1.29 is 9.59 Å². The molecule has 0 radical (unpaired) electrons. The molecule has 0 bridgehead atoms. The molecule has 0 saturated carbocycles. The van der Waals surface area contributed by atoms with Gasteiger partial charge < -0.3 is 5.32 Å². The van der Waals surface area contributed by atoms with Crippen LogP contribution >= 0.6 is 11.3 Å². The van der Waals surface area contributed by atoms with Crippen molar-refractivity contribution in [2.24, 2.45) is 5.92 Å². The van der Waals surface area contributed by atoms with E-state index in [9.17, 15) is 9.59 Å². The first-order chi connectivity index (χ1) is 11.0. The first-order valence-corrected chi connectivity index (χ1v) is 8.50. The predicted octanol–water partition coefficient (Wildman–Crippen LogP) is 3.48. The fourth-order valence-electron chi connectivity index (χ4n) is 2.70. The van der Waals surface area contributed by atoms with Gasteiger partial charge in [-0.3, -0.25) is 14.9 Å². The number of fused-ring (bicyclic) bond motifs is 1. The van der Waals surface area contributed by atoms with Gasteiger partial charge in [0.2, 0.25) is 5.91 Å². The van der Waals surface area contributed by atoms with E-state index in [1.165, 1.54) is 11.8 Å². The second kappa shape index (κ2) is 6.50. The summed E-state index contributed by atoms with van der Waals surface area (Å²) in [6.07, 6.45) is 3.19. The van der Waals surface area contributed by atoms with Gasteiger partial charge in [-0.1, -0.05) is 13.0 Å². The van der Waals surface area contributed by atoms with Gasteiger partial charge in [-0.05, 0) is 43.4 Å². The Morgan fingerprint density at radius 3 is 2.91 bits per heavy atom. The lowest BCUT2D eigenvalue weighted by molar-refractivity contribution is -0.114. The lowest BCUT2D eigenvalue weighted by Gasteiger charge is -2.15. The second-order valence-corrected chi connectivity index (χ2v) is 7.04. The lowest BCUT2D eigenvalue weighted by atomic mass is 9.93. The van der Waals surface area contributed by atoms with Crippen LogP contribution in [-0.4, -0.2) is 16.8 Å². The minimum absolute atomic E-state index is 0.163. The van der Waals surface area contributed by atoms with E-state index in [0.717, 1.165) is 25.0 Å². The Morgan fingerprint density at radius 1 is 1.30 bits per heavy atom. The third-order valence-electron chi connectivity index (χ3n) is 3.85. The number of aromatic nitrogens is 1. The summed E-state index contributed by atoms with van der Waals surface area (Å²) in [6.45, 7) is 3.68. The van der Waals surface area contributed by atoms with Crippen LogP contribution in [0.4, 0.5) is 10.8 Å². The molecular weight excluding hydrogens is 310 g/mol. The normalized spacial score (nSPS) is 16.5. The van der Waals surface area contributed by atoms with Crippen LogP contribution in [0.25, 0.3) is 0 Å². The van der Waals surface area contributed by atoms with E-state index in [2.05, 4.69) is 22.5 Å². The first kappa shape index (κ1) is 15.7. The Bertz CT molecular complexity index is 754. The monoisotopic (exact) mass is 329 g/mol. The number of thiazole rings is 1. The van der Waals surface area contributed by atoms with Crippen molar-refractivity contribution in [1.29, 1.82) is 0 Å². The highest BCUT2D eigenvalue weighted by molar-refractivity contribution is 7.15. The van der Waals surface area contributed by atoms with Crippen molar-refractivity contribution in [3.63, 3.8) is 0 Å². The van der Waals surface area contributed by atoms with Crippen LogP contribution in [0.15, 0.2) is 24.3 Å². The van der Waals surface area contributed by atoms with Crippen LogP contribution in [0.5, 0.6) is 0 Å². The summed E-state index contributed by atoms with van der Waals surface area (Å²) in [6, 6.07) is 6.87. The minimum Gasteiger partial charge on any atom is -0.326 e. The van der Waals surface area contributed by atoms with Gasteiger partial charge in [0, 0.05) is 23.1 Å².